The van der Waals surface area contributed by atoms with Crippen molar-refractivity contribution in [2.45, 2.75) is 33.2 Å². The van der Waals surface area contributed by atoms with Gasteiger partial charge in [-0.25, -0.2) is 17.7 Å². The molecule has 0 radical (unpaired) electrons. The van der Waals surface area contributed by atoms with E-state index in [9.17, 15) is 8.42 Å². The number of guanidine groups is 1. The molecule has 0 atom stereocenters. The van der Waals surface area contributed by atoms with E-state index in [1.165, 1.54) is 4.31 Å². The van der Waals surface area contributed by atoms with Gasteiger partial charge in [0.15, 0.2) is 5.96 Å². The SMILES string of the molecule is CCNC(=NCc1ccc(C)cc1OCCCOC)NCCN1CCCS1(=O)=O. The lowest BCUT2D eigenvalue weighted by molar-refractivity contribution is 0.172. The molecule has 164 valence electrons. The Bertz CT molecular complexity index is 768. The number of ether oxygens (including phenoxy) is 2. The Hall–Kier alpha value is -1.84. The number of aliphatic imine (C=N–C) groups is 1. The summed E-state index contributed by atoms with van der Waals surface area (Å²) in [5, 5.41) is 6.43. The molecule has 1 heterocycles. The molecule has 1 aliphatic rings. The predicted molar refractivity (Wildman–Crippen MR) is 116 cm³/mol. The maximum atomic E-state index is 11.9. The molecule has 1 aromatic rings. The van der Waals surface area contributed by atoms with Gasteiger partial charge < -0.3 is 20.1 Å². The highest BCUT2D eigenvalue weighted by atomic mass is 32.2. The van der Waals surface area contributed by atoms with Crippen LogP contribution in [-0.4, -0.2) is 70.9 Å². The largest absolute Gasteiger partial charge is 0.493 e. The van der Waals surface area contributed by atoms with E-state index in [1.54, 1.807) is 7.11 Å². The summed E-state index contributed by atoms with van der Waals surface area (Å²) in [5.41, 5.74) is 2.14. The smallest absolute Gasteiger partial charge is 0.214 e. The van der Waals surface area contributed by atoms with Gasteiger partial charge in [0.25, 0.3) is 0 Å². The average Bonchev–Trinajstić information content (AvgIpc) is 3.02. The van der Waals surface area contributed by atoms with Crippen LogP contribution in [-0.2, 0) is 21.3 Å². The number of sulfonamides is 1. The van der Waals surface area contributed by atoms with Gasteiger partial charge in [-0.15, -0.1) is 0 Å². The van der Waals surface area contributed by atoms with Gasteiger partial charge in [0.1, 0.15) is 5.75 Å². The zero-order valence-electron chi connectivity index (χ0n) is 17.7. The van der Waals surface area contributed by atoms with Crippen LogP contribution in [0.1, 0.15) is 30.9 Å². The summed E-state index contributed by atoms with van der Waals surface area (Å²) >= 11 is 0. The maximum absolute atomic E-state index is 11.9. The number of hydrogen-bond donors (Lipinski definition) is 2. The van der Waals surface area contributed by atoms with Crippen molar-refractivity contribution in [2.24, 2.45) is 4.99 Å². The second kappa shape index (κ2) is 12.0. The van der Waals surface area contributed by atoms with Crippen molar-refractivity contribution in [3.63, 3.8) is 0 Å². The first-order chi connectivity index (χ1) is 14.0. The van der Waals surface area contributed by atoms with Crippen molar-refractivity contribution in [3.05, 3.63) is 29.3 Å². The van der Waals surface area contributed by atoms with Gasteiger partial charge in [0.05, 0.1) is 18.9 Å². The predicted octanol–water partition coefficient (Wildman–Crippen LogP) is 1.50. The van der Waals surface area contributed by atoms with Gasteiger partial charge in [-0.05, 0) is 31.9 Å². The van der Waals surface area contributed by atoms with E-state index < -0.39 is 10.0 Å². The molecular weight excluding hydrogens is 392 g/mol. The first-order valence-electron chi connectivity index (χ1n) is 10.2. The molecule has 2 rings (SSSR count). The summed E-state index contributed by atoms with van der Waals surface area (Å²) in [5.74, 6) is 1.75. The molecule has 0 spiro atoms. The molecular formula is C20H34N4O4S. The minimum Gasteiger partial charge on any atom is -0.493 e. The van der Waals surface area contributed by atoms with Crippen molar-refractivity contribution < 1.29 is 17.9 Å². The average molecular weight is 427 g/mol. The highest BCUT2D eigenvalue weighted by Gasteiger charge is 2.27. The Labute approximate surface area is 174 Å². The summed E-state index contributed by atoms with van der Waals surface area (Å²) in [4.78, 5) is 4.64. The van der Waals surface area contributed by atoms with Crippen molar-refractivity contribution in [2.75, 3.05) is 52.3 Å². The van der Waals surface area contributed by atoms with Gasteiger partial charge in [-0.1, -0.05) is 12.1 Å². The first kappa shape index (κ1) is 23.4. The molecule has 0 unspecified atom stereocenters. The number of benzene rings is 1. The Morgan fingerprint density at radius 3 is 2.79 bits per heavy atom. The number of hydrogen-bond acceptors (Lipinski definition) is 5. The van der Waals surface area contributed by atoms with Crippen molar-refractivity contribution in [1.82, 2.24) is 14.9 Å². The van der Waals surface area contributed by atoms with Crippen LogP contribution in [0, 0.1) is 6.92 Å². The van der Waals surface area contributed by atoms with Gasteiger partial charge in [0.2, 0.25) is 10.0 Å². The number of nitrogens with zero attached hydrogens (tertiary/aromatic N) is 2. The van der Waals surface area contributed by atoms with Gasteiger partial charge in [-0.3, -0.25) is 0 Å². The molecule has 29 heavy (non-hydrogen) atoms. The minimum absolute atomic E-state index is 0.252. The van der Waals surface area contributed by atoms with E-state index in [1.807, 2.05) is 32.0 Å². The number of nitrogens with one attached hydrogen (secondary N) is 2. The molecule has 2 N–H and O–H groups in total. The molecule has 1 fully saturated rings. The normalized spacial score (nSPS) is 16.7. The third-order valence-electron chi connectivity index (χ3n) is 4.58. The van der Waals surface area contributed by atoms with Gasteiger partial charge in [0, 0.05) is 51.9 Å². The van der Waals surface area contributed by atoms with Gasteiger partial charge in [-0.2, -0.15) is 0 Å². The number of rotatable bonds is 11. The quantitative estimate of drug-likeness (QED) is 0.317. The Kier molecular flexibility index (Phi) is 9.69. The summed E-state index contributed by atoms with van der Waals surface area (Å²) in [6, 6.07) is 6.10. The zero-order chi connectivity index (χ0) is 21.1. The Morgan fingerprint density at radius 1 is 1.28 bits per heavy atom. The molecule has 0 bridgehead atoms. The second-order valence-corrected chi connectivity index (χ2v) is 9.09. The number of methoxy groups -OCH3 is 1. The van der Waals surface area contributed by atoms with E-state index in [0.717, 1.165) is 29.8 Å². The van der Waals surface area contributed by atoms with Crippen LogP contribution in [0.25, 0.3) is 0 Å². The second-order valence-electron chi connectivity index (χ2n) is 7.00. The molecule has 9 heteroatoms. The van der Waals surface area contributed by atoms with Gasteiger partial charge >= 0.3 is 0 Å². The van der Waals surface area contributed by atoms with Crippen LogP contribution >= 0.6 is 0 Å². The van der Waals surface area contributed by atoms with Crippen LogP contribution in [0.4, 0.5) is 0 Å². The molecule has 0 amide bonds. The van der Waals surface area contributed by atoms with E-state index >= 15 is 0 Å². The van der Waals surface area contributed by atoms with Crippen molar-refractivity contribution in [1.29, 1.82) is 0 Å². The molecule has 1 aromatic carbocycles. The third-order valence-corrected chi connectivity index (χ3v) is 6.54. The molecule has 0 aromatic heterocycles. The minimum atomic E-state index is -3.07. The summed E-state index contributed by atoms with van der Waals surface area (Å²) < 4.78 is 36.3. The lowest BCUT2D eigenvalue weighted by Gasteiger charge is -2.17. The fourth-order valence-electron chi connectivity index (χ4n) is 3.06. The van der Waals surface area contributed by atoms with Crippen molar-refractivity contribution >= 4 is 16.0 Å². The lowest BCUT2D eigenvalue weighted by Crippen LogP contribution is -2.42. The molecule has 8 nitrogen and oxygen atoms in total. The molecule has 1 saturated heterocycles. The van der Waals surface area contributed by atoms with E-state index in [2.05, 4.69) is 15.6 Å². The molecule has 0 saturated carbocycles. The van der Waals surface area contributed by atoms with Crippen LogP contribution in [0.3, 0.4) is 0 Å². The van der Waals surface area contributed by atoms with Crippen LogP contribution in [0.2, 0.25) is 0 Å². The highest BCUT2D eigenvalue weighted by Crippen LogP contribution is 2.21. The summed E-state index contributed by atoms with van der Waals surface area (Å²) in [7, 11) is -1.39. The summed E-state index contributed by atoms with van der Waals surface area (Å²) in [6.45, 7) is 8.05. The fraction of sp³-hybridized carbons (Fsp3) is 0.650. The third kappa shape index (κ3) is 7.83. The lowest BCUT2D eigenvalue weighted by atomic mass is 10.1. The van der Waals surface area contributed by atoms with E-state index in [-0.39, 0.29) is 5.75 Å². The summed E-state index contributed by atoms with van der Waals surface area (Å²) in [6.07, 6.45) is 1.54. The molecule has 1 aliphatic heterocycles. The monoisotopic (exact) mass is 426 g/mol. The van der Waals surface area contributed by atoms with Crippen LogP contribution in [0.15, 0.2) is 23.2 Å². The first-order valence-corrected chi connectivity index (χ1v) is 11.8. The highest BCUT2D eigenvalue weighted by molar-refractivity contribution is 7.89. The van der Waals surface area contributed by atoms with E-state index in [4.69, 9.17) is 9.47 Å². The van der Waals surface area contributed by atoms with Crippen LogP contribution < -0.4 is 15.4 Å². The Morgan fingerprint density at radius 2 is 2.10 bits per heavy atom. The van der Waals surface area contributed by atoms with E-state index in [0.29, 0.717) is 51.8 Å². The number of aryl methyl sites for hydroxylation is 1. The van der Waals surface area contributed by atoms with Crippen LogP contribution in [0.5, 0.6) is 5.75 Å². The van der Waals surface area contributed by atoms with Crippen molar-refractivity contribution in [3.8, 4) is 5.75 Å². The fourth-order valence-corrected chi connectivity index (χ4v) is 4.59. The zero-order valence-corrected chi connectivity index (χ0v) is 18.6. The Balaban J connectivity index is 1.94. The topological polar surface area (TPSA) is 92.3 Å². The maximum Gasteiger partial charge on any atom is 0.214 e. The standard InChI is InChI=1S/C20H34N4O4S/c1-4-21-20(22-9-11-24-10-5-14-29(24,25)26)23-16-18-8-7-17(2)15-19(18)28-13-6-12-27-3/h7-8,15H,4-6,9-14,16H2,1-3H3,(H2,21,22,23). The molecule has 0 aliphatic carbocycles.